The maximum atomic E-state index is 11.4. The third kappa shape index (κ3) is 3.67. The van der Waals surface area contributed by atoms with Gasteiger partial charge in [-0.1, -0.05) is 42.5 Å². The average Bonchev–Trinajstić information content (AvgIpc) is 3.09. The minimum atomic E-state index is -1.20. The van der Waals surface area contributed by atoms with E-state index in [9.17, 15) is 9.90 Å². The Morgan fingerprint density at radius 2 is 1.87 bits per heavy atom. The van der Waals surface area contributed by atoms with Crippen molar-refractivity contribution in [2.45, 2.75) is 13.2 Å². The number of carboxylic acid groups (broad SMARTS) is 1. The summed E-state index contributed by atoms with van der Waals surface area (Å²) in [4.78, 5) is 15.9. The van der Waals surface area contributed by atoms with Gasteiger partial charge in [-0.25, -0.2) is 4.98 Å². The molecule has 0 radical (unpaired) electrons. The van der Waals surface area contributed by atoms with Crippen molar-refractivity contribution in [2.75, 3.05) is 0 Å². The van der Waals surface area contributed by atoms with Gasteiger partial charge in [-0.15, -0.1) is 0 Å². The van der Waals surface area contributed by atoms with Crippen molar-refractivity contribution in [3.05, 3.63) is 101 Å². The minimum Gasteiger partial charge on any atom is -0.545 e. The van der Waals surface area contributed by atoms with Gasteiger partial charge in [0.25, 0.3) is 0 Å². The van der Waals surface area contributed by atoms with Crippen LogP contribution in [0.4, 0.5) is 0 Å². The van der Waals surface area contributed by atoms with Crippen LogP contribution < -0.4 is 39.4 Å². The number of rotatable bonds is 3. The maximum Gasteiger partial charge on any atom is 1.00 e. The molecule has 30 heavy (non-hydrogen) atoms. The predicted molar refractivity (Wildman–Crippen MR) is 108 cm³/mol. The molecule has 0 saturated heterocycles. The van der Waals surface area contributed by atoms with E-state index in [0.29, 0.717) is 18.9 Å². The number of benzene rings is 3. The SMILES string of the molecule is O=C([O-])c1ccc2c(c1)/C(=C\Cn1cnc3ccccc31)c1ccccc1CO2.[Na+]. The number of ether oxygens (including phenoxy) is 1. The van der Waals surface area contributed by atoms with Crippen LogP contribution in [0.15, 0.2) is 79.1 Å². The second-order valence-electron chi connectivity index (χ2n) is 6.95. The number of fused-ring (bicyclic) bond motifs is 3. The van der Waals surface area contributed by atoms with Crippen LogP contribution in [-0.4, -0.2) is 15.5 Å². The topological polar surface area (TPSA) is 67.2 Å². The molecule has 142 valence electrons. The number of carbonyl (C=O) groups excluding carboxylic acids is 1. The van der Waals surface area contributed by atoms with Crippen molar-refractivity contribution in [3.8, 4) is 5.75 Å². The molecule has 0 fully saturated rings. The number of para-hydroxylation sites is 2. The van der Waals surface area contributed by atoms with E-state index in [2.05, 4.69) is 15.6 Å². The molecule has 0 bridgehead atoms. The average molecular weight is 404 g/mol. The van der Waals surface area contributed by atoms with E-state index >= 15 is 0 Å². The summed E-state index contributed by atoms with van der Waals surface area (Å²) in [6, 6.07) is 20.8. The van der Waals surface area contributed by atoms with Crippen molar-refractivity contribution >= 4 is 22.6 Å². The largest absolute Gasteiger partial charge is 1.00 e. The molecule has 3 aromatic carbocycles. The Balaban J connectivity index is 0.00000218. The summed E-state index contributed by atoms with van der Waals surface area (Å²) < 4.78 is 8.04. The van der Waals surface area contributed by atoms with E-state index in [-0.39, 0.29) is 35.1 Å². The quantitative estimate of drug-likeness (QED) is 0.465. The van der Waals surface area contributed by atoms with Crippen molar-refractivity contribution in [3.63, 3.8) is 0 Å². The first-order chi connectivity index (χ1) is 14.2. The van der Waals surface area contributed by atoms with Gasteiger partial charge in [0.05, 0.1) is 23.3 Å². The molecule has 1 aliphatic heterocycles. The van der Waals surface area contributed by atoms with Crippen molar-refractivity contribution < 1.29 is 44.2 Å². The molecule has 4 aromatic rings. The number of aromatic carboxylic acids is 1. The summed E-state index contributed by atoms with van der Waals surface area (Å²) >= 11 is 0. The van der Waals surface area contributed by atoms with Crippen LogP contribution in [0.1, 0.15) is 27.0 Å². The van der Waals surface area contributed by atoms with Gasteiger partial charge in [-0.3, -0.25) is 0 Å². The number of carbonyl (C=O) groups is 1. The number of allylic oxidation sites excluding steroid dienone is 1. The van der Waals surface area contributed by atoms with Crippen LogP contribution in [0.3, 0.4) is 0 Å². The first-order valence-electron chi connectivity index (χ1n) is 9.37. The standard InChI is InChI=1S/C24H18N2O3.Na/c27-24(28)16-9-10-23-20(13-16)19(18-6-2-1-5-17(18)14-29-23)11-12-26-15-25-21-7-3-4-8-22(21)26;/h1-11,13,15H,12,14H2,(H,27,28);/q;+1/p-1/b19-11-;. The van der Waals surface area contributed by atoms with Gasteiger partial charge < -0.3 is 19.2 Å². The predicted octanol–water partition coefficient (Wildman–Crippen LogP) is 0.428. The van der Waals surface area contributed by atoms with Gasteiger partial charge in [0, 0.05) is 12.1 Å². The van der Waals surface area contributed by atoms with Gasteiger partial charge in [0.1, 0.15) is 12.4 Å². The molecule has 0 aliphatic carbocycles. The monoisotopic (exact) mass is 404 g/mol. The summed E-state index contributed by atoms with van der Waals surface area (Å²) in [7, 11) is 0. The van der Waals surface area contributed by atoms with Crippen molar-refractivity contribution in [2.24, 2.45) is 0 Å². The molecule has 2 heterocycles. The summed E-state index contributed by atoms with van der Waals surface area (Å²) in [6.45, 7) is 1.03. The van der Waals surface area contributed by atoms with Gasteiger partial charge in [-0.05, 0) is 52.6 Å². The molecule has 0 saturated carbocycles. The first-order valence-corrected chi connectivity index (χ1v) is 9.37. The molecule has 5 nitrogen and oxygen atoms in total. The fourth-order valence-corrected chi connectivity index (χ4v) is 3.77. The van der Waals surface area contributed by atoms with Gasteiger partial charge in [0.2, 0.25) is 0 Å². The Bertz CT molecular complexity index is 1280. The molecule has 1 aliphatic rings. The fraction of sp³-hybridized carbons (Fsp3) is 0.0833. The fourth-order valence-electron chi connectivity index (χ4n) is 3.77. The van der Waals surface area contributed by atoms with Gasteiger partial charge in [0.15, 0.2) is 0 Å². The van der Waals surface area contributed by atoms with E-state index in [1.54, 1.807) is 12.1 Å². The Kier molecular flexibility index (Phi) is 5.77. The van der Waals surface area contributed by atoms with E-state index < -0.39 is 5.97 Å². The van der Waals surface area contributed by atoms with Crippen LogP contribution in [0, 0.1) is 0 Å². The second-order valence-corrected chi connectivity index (χ2v) is 6.95. The molecule has 0 atom stereocenters. The molecule has 0 unspecified atom stereocenters. The zero-order chi connectivity index (χ0) is 19.8. The number of nitrogens with zero attached hydrogens (tertiary/aromatic N) is 2. The van der Waals surface area contributed by atoms with Crippen molar-refractivity contribution in [1.82, 2.24) is 9.55 Å². The van der Waals surface area contributed by atoms with Crippen LogP contribution in [0.25, 0.3) is 16.6 Å². The van der Waals surface area contributed by atoms with E-state index in [0.717, 1.165) is 33.3 Å². The van der Waals surface area contributed by atoms with Crippen LogP contribution in [0.2, 0.25) is 0 Å². The summed E-state index contributed by atoms with van der Waals surface area (Å²) in [5, 5.41) is 11.4. The number of hydrogen-bond acceptors (Lipinski definition) is 4. The van der Waals surface area contributed by atoms with Gasteiger partial charge in [-0.2, -0.15) is 0 Å². The third-order valence-corrected chi connectivity index (χ3v) is 5.22. The molecule has 0 amide bonds. The van der Waals surface area contributed by atoms with Crippen molar-refractivity contribution in [1.29, 1.82) is 0 Å². The zero-order valence-electron chi connectivity index (χ0n) is 16.5. The van der Waals surface area contributed by atoms with E-state index in [1.165, 1.54) is 6.07 Å². The Hall–Kier alpha value is -2.86. The number of hydrogen-bond donors (Lipinski definition) is 0. The molecular formula is C24H17N2NaO3. The van der Waals surface area contributed by atoms with E-state index in [4.69, 9.17) is 4.74 Å². The summed E-state index contributed by atoms with van der Waals surface area (Å²) in [5.74, 6) is -0.543. The minimum absolute atomic E-state index is 0. The summed E-state index contributed by atoms with van der Waals surface area (Å²) in [5.41, 5.74) is 5.90. The molecular weight excluding hydrogens is 387 g/mol. The van der Waals surface area contributed by atoms with Gasteiger partial charge >= 0.3 is 29.6 Å². The summed E-state index contributed by atoms with van der Waals surface area (Å²) in [6.07, 6.45) is 3.92. The maximum absolute atomic E-state index is 11.4. The Morgan fingerprint density at radius 3 is 2.73 bits per heavy atom. The molecule has 0 spiro atoms. The molecule has 1 aromatic heterocycles. The zero-order valence-corrected chi connectivity index (χ0v) is 18.5. The molecule has 5 rings (SSSR count). The smallest absolute Gasteiger partial charge is 0.545 e. The van der Waals surface area contributed by atoms with E-state index in [1.807, 2.05) is 54.9 Å². The third-order valence-electron chi connectivity index (χ3n) is 5.22. The van der Waals surface area contributed by atoms with Crippen LogP contribution in [-0.2, 0) is 13.2 Å². The first kappa shape index (κ1) is 20.4. The second kappa shape index (κ2) is 8.48. The molecule has 0 N–H and O–H groups in total. The van der Waals surface area contributed by atoms with Crippen LogP contribution in [0.5, 0.6) is 5.75 Å². The number of aromatic nitrogens is 2. The Labute approximate surface area is 195 Å². The Morgan fingerprint density at radius 1 is 1.07 bits per heavy atom. The number of carboxylic acids is 1. The molecule has 6 heteroatoms. The van der Waals surface area contributed by atoms with Crippen LogP contribution >= 0.6 is 0 Å². The number of imidazole rings is 1. The normalized spacial score (nSPS) is 13.7.